The van der Waals surface area contributed by atoms with Crippen molar-refractivity contribution in [2.24, 2.45) is 0 Å². The molecule has 0 aliphatic carbocycles. The summed E-state index contributed by atoms with van der Waals surface area (Å²) in [5.41, 5.74) is 2.26. The van der Waals surface area contributed by atoms with Gasteiger partial charge in [0.05, 0.1) is 17.5 Å². The lowest BCUT2D eigenvalue weighted by Crippen LogP contribution is -2.66. The van der Waals surface area contributed by atoms with Crippen LogP contribution in [0, 0.1) is 0 Å². The first kappa shape index (κ1) is 25.8. The van der Waals surface area contributed by atoms with E-state index in [9.17, 15) is 13.2 Å². The second kappa shape index (κ2) is 8.54. The van der Waals surface area contributed by atoms with E-state index in [1.165, 1.54) is 11.2 Å². The Hall–Kier alpha value is -3.42. The normalized spacial score (nSPS) is 27.5. The van der Waals surface area contributed by atoms with Crippen LogP contribution in [-0.4, -0.2) is 91.6 Å². The fourth-order valence-corrected chi connectivity index (χ4v) is 7.26. The zero-order valence-electron chi connectivity index (χ0n) is 22.7. The van der Waals surface area contributed by atoms with E-state index in [2.05, 4.69) is 43.9 Å². The minimum atomic E-state index is -4.06. The zero-order chi connectivity index (χ0) is 27.9. The molecule has 3 aliphatic rings. The van der Waals surface area contributed by atoms with Gasteiger partial charge in [-0.25, -0.2) is 32.4 Å². The number of hydrogen-bond donors (Lipinski definition) is 0. The molecule has 0 radical (unpaired) electrons. The van der Waals surface area contributed by atoms with Gasteiger partial charge >= 0.3 is 0 Å². The number of halogens is 1. The van der Waals surface area contributed by atoms with Crippen LogP contribution in [0.15, 0.2) is 18.6 Å². The molecule has 0 saturated carbocycles. The minimum absolute atomic E-state index is 0.191. The molecule has 2 saturated heterocycles. The van der Waals surface area contributed by atoms with E-state index in [0.29, 0.717) is 19.6 Å². The summed E-state index contributed by atoms with van der Waals surface area (Å²) in [5, 5.41) is 5.57. The van der Waals surface area contributed by atoms with Crippen molar-refractivity contribution in [3.63, 3.8) is 0 Å². The summed E-state index contributed by atoms with van der Waals surface area (Å²) in [6.07, 6.45) is 2.97. The lowest BCUT2D eigenvalue weighted by molar-refractivity contribution is -0.142. The topological polar surface area (TPSA) is 130 Å². The molecule has 12 nitrogen and oxygen atoms in total. The Morgan fingerprint density at radius 3 is 2.54 bits per heavy atom. The third-order valence-electron chi connectivity index (χ3n) is 8.28. The lowest BCUT2D eigenvalue weighted by Gasteiger charge is -2.47. The van der Waals surface area contributed by atoms with Crippen LogP contribution in [-0.2, 0) is 26.6 Å². The predicted octanol–water partition coefficient (Wildman–Crippen LogP) is 1.98. The van der Waals surface area contributed by atoms with Crippen LogP contribution in [0.4, 0.5) is 21.8 Å². The number of aryl methyl sites for hydroxylation is 1. The van der Waals surface area contributed by atoms with E-state index in [-0.39, 0.29) is 30.2 Å². The number of anilines is 3. The zero-order valence-corrected chi connectivity index (χ0v) is 23.5. The number of nitrogens with zero attached hydrogens (tertiary/aromatic N) is 9. The van der Waals surface area contributed by atoms with Gasteiger partial charge in [0.25, 0.3) is 10.9 Å². The fraction of sp³-hybridized carbons (Fsp3) is 0.600. The van der Waals surface area contributed by atoms with E-state index in [4.69, 9.17) is 4.98 Å². The van der Waals surface area contributed by atoms with Crippen molar-refractivity contribution >= 4 is 44.2 Å². The molecule has 3 aromatic heterocycles. The molecule has 0 bridgehead atoms. The van der Waals surface area contributed by atoms with Crippen LogP contribution in [0.5, 0.6) is 0 Å². The molecule has 3 atom stereocenters. The molecule has 39 heavy (non-hydrogen) atoms. The summed E-state index contributed by atoms with van der Waals surface area (Å²) in [6.45, 7) is 11.9. The Labute approximate surface area is 226 Å². The van der Waals surface area contributed by atoms with E-state index in [1.54, 1.807) is 6.20 Å². The maximum absolute atomic E-state index is 15.2. The first-order valence-corrected chi connectivity index (χ1v) is 14.8. The SMILES string of the molecule is CCn1nnc2cnc(N3CC(C)(C)c4c3ncnc4N3C[C@@H](C)N(C(=O)C4(F)CCS4(=O)=O)C[C@@H]3C)cc21. The summed E-state index contributed by atoms with van der Waals surface area (Å²) in [5.74, 6) is 1.01. The van der Waals surface area contributed by atoms with Crippen molar-refractivity contribution in [1.82, 2.24) is 34.8 Å². The van der Waals surface area contributed by atoms with Gasteiger partial charge in [-0.2, -0.15) is 0 Å². The molecule has 6 heterocycles. The van der Waals surface area contributed by atoms with Crippen molar-refractivity contribution in [2.45, 2.75) is 70.1 Å². The Morgan fingerprint density at radius 2 is 1.87 bits per heavy atom. The minimum Gasteiger partial charge on any atom is -0.350 e. The second-order valence-corrected chi connectivity index (χ2v) is 13.7. The number of amides is 1. The Balaban J connectivity index is 1.33. The highest BCUT2D eigenvalue weighted by Crippen LogP contribution is 2.47. The van der Waals surface area contributed by atoms with Crippen LogP contribution in [0.25, 0.3) is 11.0 Å². The summed E-state index contributed by atoms with van der Waals surface area (Å²) >= 11 is 0. The van der Waals surface area contributed by atoms with Crippen molar-refractivity contribution in [3.05, 3.63) is 24.2 Å². The number of carbonyl (C=O) groups excluding carboxylic acids is 1. The van der Waals surface area contributed by atoms with Gasteiger partial charge in [-0.3, -0.25) is 4.79 Å². The van der Waals surface area contributed by atoms with Gasteiger partial charge in [-0.15, -0.1) is 5.10 Å². The average Bonchev–Trinajstić information content (AvgIpc) is 3.45. The van der Waals surface area contributed by atoms with Crippen LogP contribution in [0.1, 0.15) is 46.6 Å². The van der Waals surface area contributed by atoms with Crippen molar-refractivity contribution in [2.75, 3.05) is 35.2 Å². The van der Waals surface area contributed by atoms with Gasteiger partial charge in [0.2, 0.25) is 0 Å². The number of fused-ring (bicyclic) bond motifs is 2. The summed E-state index contributed by atoms with van der Waals surface area (Å²) in [6, 6.07) is 1.34. The molecule has 0 N–H and O–H groups in total. The first-order valence-electron chi connectivity index (χ1n) is 13.2. The number of hydrogen-bond acceptors (Lipinski definition) is 10. The van der Waals surface area contributed by atoms with Crippen LogP contribution >= 0.6 is 0 Å². The number of sulfone groups is 1. The maximum atomic E-state index is 15.2. The number of piperazine rings is 1. The monoisotopic (exact) mass is 557 g/mol. The van der Waals surface area contributed by atoms with Gasteiger partial charge in [0.15, 0.2) is 9.84 Å². The van der Waals surface area contributed by atoms with Gasteiger partial charge in [-0.05, 0) is 20.8 Å². The molecule has 2 fully saturated rings. The molecule has 3 aromatic rings. The Kier molecular flexibility index (Phi) is 5.66. The number of pyridine rings is 1. The molecule has 1 unspecified atom stereocenters. The molecular weight excluding hydrogens is 525 g/mol. The van der Waals surface area contributed by atoms with Crippen LogP contribution in [0.2, 0.25) is 0 Å². The van der Waals surface area contributed by atoms with Crippen LogP contribution in [0.3, 0.4) is 0 Å². The van der Waals surface area contributed by atoms with Crippen LogP contribution < -0.4 is 9.80 Å². The average molecular weight is 558 g/mol. The number of rotatable bonds is 4. The molecular formula is C25H32FN9O3S. The second-order valence-electron chi connectivity index (χ2n) is 11.4. The smallest absolute Gasteiger partial charge is 0.288 e. The third-order valence-corrected chi connectivity index (χ3v) is 10.4. The standard InChI is InChI=1S/C25H32FN9O3S/c1-6-35-18-9-19(27-10-17(18)30-31-35)34-13-24(4,5)20-21(28-14-29-22(20)34)32-11-16(3)33(12-15(32)2)23(36)25(26)7-8-39(25,37)38/h9-10,14-16H,6-8,11-13H2,1-5H3/t15-,16+,25?/m0/s1. The fourth-order valence-electron chi connectivity index (χ4n) is 5.98. The van der Waals surface area contributed by atoms with Crippen molar-refractivity contribution in [3.8, 4) is 0 Å². The Morgan fingerprint density at radius 1 is 1.13 bits per heavy atom. The molecule has 6 rings (SSSR count). The van der Waals surface area contributed by atoms with Crippen molar-refractivity contribution < 1.29 is 17.6 Å². The highest BCUT2D eigenvalue weighted by atomic mass is 32.2. The van der Waals surface area contributed by atoms with E-state index in [1.807, 2.05) is 31.5 Å². The highest BCUT2D eigenvalue weighted by molar-refractivity contribution is 7.94. The largest absolute Gasteiger partial charge is 0.350 e. The number of carbonyl (C=O) groups is 1. The van der Waals surface area contributed by atoms with Gasteiger partial charge in [-0.1, -0.05) is 19.1 Å². The first-order chi connectivity index (χ1) is 18.4. The maximum Gasteiger partial charge on any atom is 0.288 e. The van der Waals surface area contributed by atoms with Gasteiger partial charge in [0, 0.05) is 61.7 Å². The van der Waals surface area contributed by atoms with Gasteiger partial charge < -0.3 is 14.7 Å². The summed E-state index contributed by atoms with van der Waals surface area (Å²) < 4.78 is 41.1. The molecule has 0 aromatic carbocycles. The van der Waals surface area contributed by atoms with Crippen molar-refractivity contribution in [1.29, 1.82) is 0 Å². The summed E-state index contributed by atoms with van der Waals surface area (Å²) in [4.78, 5) is 32.6. The highest BCUT2D eigenvalue weighted by Gasteiger charge is 2.61. The number of alkyl halides is 1. The molecule has 3 aliphatic heterocycles. The number of aromatic nitrogens is 6. The van der Waals surface area contributed by atoms with E-state index < -0.39 is 26.8 Å². The summed E-state index contributed by atoms with van der Waals surface area (Å²) in [7, 11) is -4.06. The molecule has 1 amide bonds. The third kappa shape index (κ3) is 3.70. The molecule has 208 valence electrons. The molecule has 14 heteroatoms. The predicted molar refractivity (Wildman–Crippen MR) is 143 cm³/mol. The molecule has 0 spiro atoms. The lowest BCUT2D eigenvalue weighted by atomic mass is 9.87. The quantitative estimate of drug-likeness (QED) is 0.469. The van der Waals surface area contributed by atoms with E-state index >= 15 is 4.39 Å². The van der Waals surface area contributed by atoms with E-state index in [0.717, 1.165) is 34.1 Å². The van der Waals surface area contributed by atoms with Gasteiger partial charge in [0.1, 0.15) is 29.3 Å². The Bertz CT molecular complexity index is 1590.